The van der Waals surface area contributed by atoms with Gasteiger partial charge in [0.2, 0.25) is 16.9 Å². The average Bonchev–Trinajstić information content (AvgIpc) is 3.07. The average molecular weight is 453 g/mol. The van der Waals surface area contributed by atoms with Gasteiger partial charge in [-0.3, -0.25) is 14.9 Å². The van der Waals surface area contributed by atoms with Crippen LogP contribution in [-0.2, 0) is 32.3 Å². The summed E-state index contributed by atoms with van der Waals surface area (Å²) in [5, 5.41) is 12.7. The highest BCUT2D eigenvalue weighted by Crippen LogP contribution is 2.20. The van der Waals surface area contributed by atoms with E-state index in [-0.39, 0.29) is 11.6 Å². The molecule has 1 aromatic carbocycles. The second-order valence-corrected chi connectivity index (χ2v) is 10.6. The van der Waals surface area contributed by atoms with Gasteiger partial charge in [0, 0.05) is 12.1 Å². The van der Waals surface area contributed by atoms with Gasteiger partial charge in [0.15, 0.2) is 9.84 Å². The van der Waals surface area contributed by atoms with Crippen LogP contribution in [0.2, 0.25) is 0 Å². The molecule has 30 heavy (non-hydrogen) atoms. The van der Waals surface area contributed by atoms with Crippen molar-refractivity contribution in [2.75, 3.05) is 16.4 Å². The third-order valence-corrected chi connectivity index (χ3v) is 7.29. The zero-order chi connectivity index (χ0) is 22.3. The van der Waals surface area contributed by atoms with Crippen molar-refractivity contribution < 1.29 is 18.0 Å². The van der Waals surface area contributed by atoms with Gasteiger partial charge in [0.05, 0.1) is 0 Å². The number of aryl methyl sites for hydroxylation is 1. The van der Waals surface area contributed by atoms with Crippen molar-refractivity contribution in [2.24, 2.45) is 5.92 Å². The first-order chi connectivity index (χ1) is 14.1. The second kappa shape index (κ2) is 10.6. The van der Waals surface area contributed by atoms with Crippen LogP contribution in [0.1, 0.15) is 44.7 Å². The minimum absolute atomic E-state index is 0.0459. The monoisotopic (exact) mass is 452 g/mol. The van der Waals surface area contributed by atoms with E-state index in [0.717, 1.165) is 23.4 Å². The SMILES string of the molecule is CCc1ccc(NC(=O)CS(=O)(=O)C(CC)C(=O)Nc2nnc(CC(C)C)s2)cc1. The minimum Gasteiger partial charge on any atom is -0.325 e. The summed E-state index contributed by atoms with van der Waals surface area (Å²) in [5.41, 5.74) is 1.62. The fraction of sp³-hybridized carbons (Fsp3) is 0.500. The minimum atomic E-state index is -4.00. The summed E-state index contributed by atoms with van der Waals surface area (Å²) in [6.45, 7) is 7.70. The predicted molar refractivity (Wildman–Crippen MR) is 119 cm³/mol. The Morgan fingerprint density at radius 1 is 1.07 bits per heavy atom. The number of amides is 2. The van der Waals surface area contributed by atoms with Gasteiger partial charge in [0.25, 0.3) is 0 Å². The van der Waals surface area contributed by atoms with Crippen molar-refractivity contribution in [3.8, 4) is 0 Å². The van der Waals surface area contributed by atoms with E-state index in [1.807, 2.05) is 32.9 Å². The van der Waals surface area contributed by atoms with Gasteiger partial charge in [-0.1, -0.05) is 51.2 Å². The van der Waals surface area contributed by atoms with Crippen LogP contribution < -0.4 is 10.6 Å². The molecule has 0 aliphatic heterocycles. The number of nitrogens with one attached hydrogen (secondary N) is 2. The van der Waals surface area contributed by atoms with Crippen LogP contribution in [-0.4, -0.2) is 41.4 Å². The summed E-state index contributed by atoms with van der Waals surface area (Å²) in [6.07, 6.45) is 1.64. The first kappa shape index (κ1) is 23.9. The molecule has 0 aliphatic rings. The highest BCUT2D eigenvalue weighted by molar-refractivity contribution is 7.93. The molecule has 0 saturated carbocycles. The summed E-state index contributed by atoms with van der Waals surface area (Å²) in [4.78, 5) is 24.8. The Bertz CT molecular complexity index is 969. The summed E-state index contributed by atoms with van der Waals surface area (Å²) in [6, 6.07) is 7.17. The molecule has 8 nitrogen and oxygen atoms in total. The quantitative estimate of drug-likeness (QED) is 0.572. The van der Waals surface area contributed by atoms with Crippen molar-refractivity contribution in [3.05, 3.63) is 34.8 Å². The van der Waals surface area contributed by atoms with Crippen LogP contribution in [0.25, 0.3) is 0 Å². The van der Waals surface area contributed by atoms with E-state index in [9.17, 15) is 18.0 Å². The molecule has 2 aromatic rings. The Morgan fingerprint density at radius 2 is 1.73 bits per heavy atom. The molecule has 2 N–H and O–H groups in total. The van der Waals surface area contributed by atoms with Crippen molar-refractivity contribution in [1.82, 2.24) is 10.2 Å². The summed E-state index contributed by atoms with van der Waals surface area (Å²) >= 11 is 1.22. The van der Waals surface area contributed by atoms with Crippen molar-refractivity contribution >= 4 is 43.8 Å². The number of hydrogen-bond donors (Lipinski definition) is 2. The molecule has 0 saturated heterocycles. The number of benzene rings is 1. The molecular formula is C20H28N4O4S2. The van der Waals surface area contributed by atoms with Gasteiger partial charge in [-0.25, -0.2) is 8.42 Å². The smallest absolute Gasteiger partial charge is 0.244 e. The van der Waals surface area contributed by atoms with Crippen LogP contribution >= 0.6 is 11.3 Å². The third kappa shape index (κ3) is 6.88. The number of anilines is 2. The summed E-state index contributed by atoms with van der Waals surface area (Å²) in [7, 11) is -4.00. The number of carbonyl (C=O) groups excluding carboxylic acids is 2. The Balaban J connectivity index is 2.01. The molecule has 0 radical (unpaired) electrons. The Hall–Kier alpha value is -2.33. The first-order valence-corrected chi connectivity index (χ1v) is 12.4. The van der Waals surface area contributed by atoms with E-state index in [1.54, 1.807) is 19.1 Å². The number of rotatable bonds is 10. The highest BCUT2D eigenvalue weighted by Gasteiger charge is 2.33. The van der Waals surface area contributed by atoms with E-state index in [0.29, 0.717) is 11.6 Å². The van der Waals surface area contributed by atoms with E-state index >= 15 is 0 Å². The summed E-state index contributed by atoms with van der Waals surface area (Å²) < 4.78 is 25.4. The lowest BCUT2D eigenvalue weighted by Gasteiger charge is -2.15. The van der Waals surface area contributed by atoms with Crippen molar-refractivity contribution in [2.45, 2.75) is 52.2 Å². The predicted octanol–water partition coefficient (Wildman–Crippen LogP) is 3.07. The Morgan fingerprint density at radius 3 is 2.30 bits per heavy atom. The molecule has 0 aliphatic carbocycles. The largest absolute Gasteiger partial charge is 0.325 e. The molecule has 164 valence electrons. The van der Waals surface area contributed by atoms with Crippen LogP contribution in [0, 0.1) is 5.92 Å². The van der Waals surface area contributed by atoms with Crippen molar-refractivity contribution in [1.29, 1.82) is 0 Å². The zero-order valence-corrected chi connectivity index (χ0v) is 19.3. The maximum absolute atomic E-state index is 12.7. The lowest BCUT2D eigenvalue weighted by molar-refractivity contribution is -0.115. The molecule has 2 rings (SSSR count). The van der Waals surface area contributed by atoms with E-state index < -0.39 is 32.7 Å². The van der Waals surface area contributed by atoms with Crippen molar-refractivity contribution in [3.63, 3.8) is 0 Å². The van der Waals surface area contributed by atoms with E-state index in [1.165, 1.54) is 11.3 Å². The van der Waals surface area contributed by atoms with Gasteiger partial charge < -0.3 is 5.32 Å². The Labute approximate surface area is 181 Å². The molecule has 2 amide bonds. The molecule has 1 heterocycles. The number of nitrogens with zero attached hydrogens (tertiary/aromatic N) is 2. The fourth-order valence-corrected chi connectivity index (χ4v) is 5.31. The maximum atomic E-state index is 12.7. The van der Waals surface area contributed by atoms with Crippen LogP contribution in [0.15, 0.2) is 24.3 Å². The molecule has 1 unspecified atom stereocenters. The fourth-order valence-electron chi connectivity index (χ4n) is 2.83. The van der Waals surface area contributed by atoms with Crippen LogP contribution in [0.4, 0.5) is 10.8 Å². The van der Waals surface area contributed by atoms with Gasteiger partial charge in [-0.05, 0) is 36.5 Å². The van der Waals surface area contributed by atoms with Gasteiger partial charge in [-0.15, -0.1) is 10.2 Å². The number of sulfone groups is 1. The molecular weight excluding hydrogens is 424 g/mol. The highest BCUT2D eigenvalue weighted by atomic mass is 32.2. The zero-order valence-electron chi connectivity index (χ0n) is 17.6. The van der Waals surface area contributed by atoms with E-state index in [2.05, 4.69) is 20.8 Å². The maximum Gasteiger partial charge on any atom is 0.244 e. The summed E-state index contributed by atoms with van der Waals surface area (Å²) in [5.74, 6) is -1.77. The third-order valence-electron chi connectivity index (χ3n) is 4.35. The number of carbonyl (C=O) groups is 2. The van der Waals surface area contributed by atoms with Crippen LogP contribution in [0.3, 0.4) is 0 Å². The number of hydrogen-bond acceptors (Lipinski definition) is 7. The molecule has 0 bridgehead atoms. The lowest BCUT2D eigenvalue weighted by atomic mass is 10.1. The molecule has 1 atom stereocenters. The second-order valence-electron chi connectivity index (χ2n) is 7.39. The molecule has 0 fully saturated rings. The van der Waals surface area contributed by atoms with Crippen LogP contribution in [0.5, 0.6) is 0 Å². The molecule has 1 aromatic heterocycles. The number of aromatic nitrogens is 2. The lowest BCUT2D eigenvalue weighted by Crippen LogP contribution is -2.39. The van der Waals surface area contributed by atoms with Gasteiger partial charge in [0.1, 0.15) is 16.0 Å². The standard InChI is InChI=1S/C20H28N4O4S2/c1-5-14-7-9-15(10-8-14)21-17(25)12-30(27,28)16(6-2)19(26)22-20-24-23-18(29-20)11-13(3)4/h7-10,13,16H,5-6,11-12H2,1-4H3,(H,21,25)(H,22,24,26). The normalized spacial score (nSPS) is 12.6. The van der Waals surface area contributed by atoms with E-state index in [4.69, 9.17) is 0 Å². The molecule has 0 spiro atoms. The van der Waals surface area contributed by atoms with Gasteiger partial charge in [-0.2, -0.15) is 0 Å². The molecule has 10 heteroatoms. The Kier molecular flexibility index (Phi) is 8.48. The van der Waals surface area contributed by atoms with Gasteiger partial charge >= 0.3 is 0 Å². The first-order valence-electron chi connectivity index (χ1n) is 9.88. The topological polar surface area (TPSA) is 118 Å².